The van der Waals surface area contributed by atoms with E-state index in [1.54, 1.807) is 0 Å². The summed E-state index contributed by atoms with van der Waals surface area (Å²) >= 11 is 0. The van der Waals surface area contributed by atoms with E-state index in [-0.39, 0.29) is 44.7 Å². The van der Waals surface area contributed by atoms with Gasteiger partial charge in [0, 0.05) is 45.0 Å². The smallest absolute Gasteiger partial charge is 0.501 e. The number of ether oxygens (including phenoxy) is 1. The Morgan fingerprint density at radius 1 is 0.424 bits per heavy atom. The Bertz CT molecular complexity index is 4850. The van der Waals surface area contributed by atoms with Crippen molar-refractivity contribution in [3.63, 3.8) is 0 Å². The van der Waals surface area contributed by atoms with Crippen LogP contribution in [-0.4, -0.2) is 24.1 Å². The van der Waals surface area contributed by atoms with Crippen molar-refractivity contribution >= 4 is 65.6 Å². The molecule has 0 bridgehead atoms. The van der Waals surface area contributed by atoms with Gasteiger partial charge in [-0.15, -0.1) is 23.8 Å². The van der Waals surface area contributed by atoms with Crippen LogP contribution in [0.2, 0.25) is 0 Å². The second-order valence-corrected chi connectivity index (χ2v) is 23.8. The summed E-state index contributed by atoms with van der Waals surface area (Å²) in [5, 5.41) is 6.37. The zero-order valence-corrected chi connectivity index (χ0v) is 51.8. The standard InChI is InChI=1S/C77H65N5O2.Pt/c1-44(2)60-38-53(50-22-13-11-14-23-50)39-61(45(3)4)73(60)81-69-30-19-17-28-67(69)79-76(81)52-26-21-27-55(37-52)83-56-42-65-72-59-33-32-57-49(10)78-48(9)36-64(57)58(59)34-35-71(72)84-75(65)66(43-56)77-80-68-29-18-20-31-70(68)82(77)74-62(46(5)6)40-54(41-63(74)47(7)8)51-24-15-12-16-25-51;/h11-36,38-42,44-47H,1-10H3;/q-2;+2. The molecule has 0 unspecified atom stereocenters. The predicted octanol–water partition coefficient (Wildman–Crippen LogP) is 21.1. The molecule has 0 aliphatic rings. The number of imidazole rings is 2. The van der Waals surface area contributed by atoms with Gasteiger partial charge in [-0.2, -0.15) is 0 Å². The van der Waals surface area contributed by atoms with Crippen LogP contribution in [-0.2, 0) is 21.1 Å². The number of pyridine rings is 1. The molecule has 0 radical (unpaired) electrons. The van der Waals surface area contributed by atoms with Crippen molar-refractivity contribution in [1.82, 2.24) is 24.1 Å². The Morgan fingerprint density at radius 2 is 0.929 bits per heavy atom. The second-order valence-electron chi connectivity index (χ2n) is 23.8. The molecule has 4 heterocycles. The SMILES string of the molecule is Cc1cc2c(ccc3c2ccc2oc4c(-c5nc6ccccc6n5-c5c(C(C)C)cc(-c6ccccc6)cc5C(C)C)[c-]c(Oc5[c-]c(-c6nc7ccccc7n6-c6c(C(C)C)cc(-c7ccccc7)cc6C(C)C)ccc5)cc4c23)c(C)n1.[Pt+2]. The molecule has 420 valence electrons. The van der Waals surface area contributed by atoms with Crippen molar-refractivity contribution in [3.8, 4) is 67.9 Å². The molecule has 0 fully saturated rings. The van der Waals surface area contributed by atoms with E-state index >= 15 is 0 Å². The molecule has 0 saturated heterocycles. The summed E-state index contributed by atoms with van der Waals surface area (Å²) in [6, 6.07) is 74.5. The molecule has 0 saturated carbocycles. The predicted molar refractivity (Wildman–Crippen MR) is 348 cm³/mol. The Kier molecular flexibility index (Phi) is 14.3. The van der Waals surface area contributed by atoms with Gasteiger partial charge in [-0.25, -0.2) is 0 Å². The number of aryl methyl sites for hydroxylation is 2. The van der Waals surface area contributed by atoms with Crippen molar-refractivity contribution in [3.05, 3.63) is 234 Å². The Morgan fingerprint density at radius 3 is 1.49 bits per heavy atom. The average Bonchev–Trinajstić information content (AvgIpc) is 1.85. The molecule has 0 N–H and O–H groups in total. The quantitative estimate of drug-likeness (QED) is 0.0900. The van der Waals surface area contributed by atoms with Crippen LogP contribution in [0.4, 0.5) is 0 Å². The molecule has 0 amide bonds. The third-order valence-corrected chi connectivity index (χ3v) is 16.8. The molecule has 0 aliphatic carbocycles. The first-order valence-corrected chi connectivity index (χ1v) is 29.5. The fraction of sp³-hybridized carbons (Fsp3) is 0.182. The maximum Gasteiger partial charge on any atom is 2.00 e. The number of para-hydroxylation sites is 4. The number of hydrogen-bond acceptors (Lipinski definition) is 5. The van der Waals surface area contributed by atoms with Gasteiger partial charge in [0.25, 0.3) is 0 Å². The first-order valence-electron chi connectivity index (χ1n) is 29.5. The summed E-state index contributed by atoms with van der Waals surface area (Å²) in [6.45, 7) is 22.5. The van der Waals surface area contributed by atoms with E-state index in [2.05, 4.69) is 266 Å². The number of aromatic nitrogens is 5. The van der Waals surface area contributed by atoms with Crippen LogP contribution in [0.1, 0.15) is 113 Å². The Balaban J connectivity index is 0.00000672. The molecule has 0 aliphatic heterocycles. The van der Waals surface area contributed by atoms with Crippen LogP contribution in [0.25, 0.3) is 122 Å². The fourth-order valence-corrected chi connectivity index (χ4v) is 12.8. The van der Waals surface area contributed by atoms with Crippen LogP contribution in [0.3, 0.4) is 0 Å². The van der Waals surface area contributed by atoms with Gasteiger partial charge in [-0.1, -0.05) is 188 Å². The zero-order valence-electron chi connectivity index (χ0n) is 49.6. The molecule has 0 atom stereocenters. The molecule has 10 aromatic carbocycles. The van der Waals surface area contributed by atoms with E-state index in [1.807, 2.05) is 12.1 Å². The molecule has 8 heteroatoms. The number of fused-ring (bicyclic) bond motifs is 9. The third-order valence-electron chi connectivity index (χ3n) is 16.8. The van der Waals surface area contributed by atoms with Crippen LogP contribution < -0.4 is 4.74 Å². The normalized spacial score (nSPS) is 12.0. The summed E-state index contributed by atoms with van der Waals surface area (Å²) in [6.07, 6.45) is 0. The van der Waals surface area contributed by atoms with E-state index in [0.29, 0.717) is 28.5 Å². The summed E-state index contributed by atoms with van der Waals surface area (Å²) in [5.41, 5.74) is 20.7. The minimum atomic E-state index is 0. The Hall–Kier alpha value is -8.90. The third kappa shape index (κ3) is 9.54. The minimum absolute atomic E-state index is 0. The van der Waals surface area contributed by atoms with Crippen molar-refractivity contribution in [1.29, 1.82) is 0 Å². The summed E-state index contributed by atoms with van der Waals surface area (Å²) in [7, 11) is 0. The van der Waals surface area contributed by atoms with Crippen molar-refractivity contribution in [2.75, 3.05) is 0 Å². The van der Waals surface area contributed by atoms with E-state index in [0.717, 1.165) is 94.1 Å². The van der Waals surface area contributed by atoms with Gasteiger partial charge in [0.05, 0.1) is 39.3 Å². The second kappa shape index (κ2) is 21.9. The molecule has 85 heavy (non-hydrogen) atoms. The largest absolute Gasteiger partial charge is 2.00 e. The van der Waals surface area contributed by atoms with Crippen LogP contribution >= 0.6 is 0 Å². The van der Waals surface area contributed by atoms with E-state index in [4.69, 9.17) is 24.1 Å². The number of furan rings is 1. The summed E-state index contributed by atoms with van der Waals surface area (Å²) < 4.78 is 19.2. The van der Waals surface area contributed by atoms with Gasteiger partial charge in [-0.05, 0) is 159 Å². The first kappa shape index (κ1) is 55.3. The van der Waals surface area contributed by atoms with E-state index < -0.39 is 0 Å². The first-order chi connectivity index (χ1) is 40.8. The maximum atomic E-state index is 7.22. The number of rotatable bonds is 12. The zero-order chi connectivity index (χ0) is 57.7. The minimum Gasteiger partial charge on any atom is -0.501 e. The number of nitrogens with zero attached hydrogens (tertiary/aromatic N) is 5. The molecule has 4 aromatic heterocycles. The van der Waals surface area contributed by atoms with Crippen molar-refractivity contribution in [2.24, 2.45) is 0 Å². The van der Waals surface area contributed by atoms with Crippen LogP contribution in [0.5, 0.6) is 11.5 Å². The van der Waals surface area contributed by atoms with Crippen LogP contribution in [0, 0.1) is 26.0 Å². The average molecular weight is 1290 g/mol. The molecule has 14 rings (SSSR count). The number of hydrogen-bond donors (Lipinski definition) is 0. The van der Waals surface area contributed by atoms with Crippen LogP contribution in [0.15, 0.2) is 192 Å². The topological polar surface area (TPSA) is 70.9 Å². The molecule has 7 nitrogen and oxygen atoms in total. The maximum absolute atomic E-state index is 7.22. The monoisotopic (exact) mass is 1290 g/mol. The molecule has 14 aromatic rings. The number of benzene rings is 10. The van der Waals surface area contributed by atoms with Gasteiger partial charge < -0.3 is 18.3 Å². The summed E-state index contributed by atoms with van der Waals surface area (Å²) in [4.78, 5) is 15.9. The van der Waals surface area contributed by atoms with Crippen molar-refractivity contribution < 1.29 is 30.2 Å². The van der Waals surface area contributed by atoms with Gasteiger partial charge in [-0.3, -0.25) is 15.0 Å². The van der Waals surface area contributed by atoms with Crippen molar-refractivity contribution in [2.45, 2.75) is 92.9 Å². The molecular formula is C77H65N5O2Pt. The van der Waals surface area contributed by atoms with Gasteiger partial charge in [0.1, 0.15) is 5.58 Å². The van der Waals surface area contributed by atoms with E-state index in [9.17, 15) is 0 Å². The van der Waals surface area contributed by atoms with E-state index in [1.165, 1.54) is 44.5 Å². The molecular weight excluding hydrogens is 1220 g/mol. The Labute approximate surface area is 511 Å². The fourth-order valence-electron chi connectivity index (χ4n) is 12.8. The van der Waals surface area contributed by atoms with Gasteiger partial charge >= 0.3 is 21.1 Å². The van der Waals surface area contributed by atoms with Gasteiger partial charge in [0.15, 0.2) is 0 Å². The van der Waals surface area contributed by atoms with Gasteiger partial charge in [0.2, 0.25) is 0 Å². The summed E-state index contributed by atoms with van der Waals surface area (Å²) in [5.74, 6) is 3.28. The molecule has 0 spiro atoms.